The fourth-order valence-electron chi connectivity index (χ4n) is 5.71. The first-order chi connectivity index (χ1) is 17.0. The number of nitrogens with zero attached hydrogens (tertiary/aromatic N) is 7. The molecule has 1 saturated heterocycles. The van der Waals surface area contributed by atoms with Gasteiger partial charge in [-0.05, 0) is 57.7 Å². The van der Waals surface area contributed by atoms with Gasteiger partial charge in [-0.3, -0.25) is 9.69 Å². The molecule has 35 heavy (non-hydrogen) atoms. The van der Waals surface area contributed by atoms with Gasteiger partial charge < -0.3 is 15.2 Å². The van der Waals surface area contributed by atoms with Gasteiger partial charge in [0.2, 0.25) is 0 Å². The highest BCUT2D eigenvalue weighted by molar-refractivity contribution is 6.10. The van der Waals surface area contributed by atoms with Crippen LogP contribution in [0.25, 0.3) is 11.5 Å². The Hall–Kier alpha value is -3.33. The Morgan fingerprint density at radius 1 is 1.11 bits per heavy atom. The van der Waals surface area contributed by atoms with Gasteiger partial charge in [0, 0.05) is 36.7 Å². The van der Waals surface area contributed by atoms with Gasteiger partial charge in [-0.2, -0.15) is 0 Å². The number of aryl methyl sites for hydroxylation is 1. The quantitative estimate of drug-likeness (QED) is 0.602. The molecule has 0 radical (unpaired) electrons. The van der Waals surface area contributed by atoms with Crippen LogP contribution in [0.1, 0.15) is 86.0 Å². The normalized spacial score (nSPS) is 22.1. The number of pyridine rings is 2. The summed E-state index contributed by atoms with van der Waals surface area (Å²) in [6.07, 6.45) is 5.02. The minimum Gasteiger partial charge on any atom is -0.354 e. The van der Waals surface area contributed by atoms with Crippen molar-refractivity contribution in [1.29, 1.82) is 0 Å². The molecule has 6 rings (SSSR count). The third-order valence-electron chi connectivity index (χ3n) is 7.81. The molecular formula is C26H32N8O. The maximum atomic E-state index is 13.7. The standard InChI is InChI=1S/C26H32N8O/c1-4-19(27)24-18-14-33(26(35)17(18)13-23(29-24)32-12-6-7-15(32)2)21-9-5-8-20(28-21)25-31-30-22-11-10-16(3)34(22)25/h5,8-9,13,15-16,19H,4,6-7,10-12,14,27H2,1-3H3/t15-,16+,19+/m1/s1. The summed E-state index contributed by atoms with van der Waals surface area (Å²) in [6.45, 7) is 7.83. The molecule has 182 valence electrons. The monoisotopic (exact) mass is 472 g/mol. The topological polar surface area (TPSA) is 106 Å². The smallest absolute Gasteiger partial charge is 0.260 e. The van der Waals surface area contributed by atoms with Gasteiger partial charge in [-0.1, -0.05) is 13.0 Å². The molecule has 3 aliphatic rings. The zero-order valence-electron chi connectivity index (χ0n) is 20.6. The van der Waals surface area contributed by atoms with Crippen molar-refractivity contribution < 1.29 is 4.79 Å². The number of nitrogens with two attached hydrogens (primary N) is 1. The van der Waals surface area contributed by atoms with Gasteiger partial charge in [0.1, 0.15) is 23.2 Å². The van der Waals surface area contributed by atoms with Crippen molar-refractivity contribution in [2.45, 2.75) is 77.5 Å². The molecule has 3 aromatic rings. The number of hydrogen-bond donors (Lipinski definition) is 1. The van der Waals surface area contributed by atoms with Crippen molar-refractivity contribution in [2.75, 3.05) is 16.3 Å². The van der Waals surface area contributed by atoms with Crippen LogP contribution >= 0.6 is 0 Å². The molecule has 3 aliphatic heterocycles. The Morgan fingerprint density at radius 2 is 1.97 bits per heavy atom. The van der Waals surface area contributed by atoms with Gasteiger partial charge in [0.05, 0.1) is 17.8 Å². The molecule has 3 aromatic heterocycles. The highest BCUT2D eigenvalue weighted by Crippen LogP contribution is 2.36. The van der Waals surface area contributed by atoms with E-state index >= 15 is 0 Å². The van der Waals surface area contributed by atoms with Gasteiger partial charge in [0.15, 0.2) is 5.82 Å². The number of carbonyl (C=O) groups excluding carboxylic acids is 1. The Balaban J connectivity index is 1.38. The van der Waals surface area contributed by atoms with E-state index in [9.17, 15) is 4.79 Å². The Morgan fingerprint density at radius 3 is 2.74 bits per heavy atom. The number of hydrogen-bond acceptors (Lipinski definition) is 7. The Labute approximate surface area is 205 Å². The summed E-state index contributed by atoms with van der Waals surface area (Å²) >= 11 is 0. The highest BCUT2D eigenvalue weighted by Gasteiger charge is 2.36. The molecule has 2 N–H and O–H groups in total. The number of fused-ring (bicyclic) bond motifs is 2. The number of carbonyl (C=O) groups is 1. The van der Waals surface area contributed by atoms with Crippen molar-refractivity contribution in [3.05, 3.63) is 46.9 Å². The summed E-state index contributed by atoms with van der Waals surface area (Å²) in [5, 5.41) is 8.77. The van der Waals surface area contributed by atoms with E-state index < -0.39 is 0 Å². The first-order valence-electron chi connectivity index (χ1n) is 12.7. The number of amides is 1. The molecule has 1 fully saturated rings. The van der Waals surface area contributed by atoms with E-state index in [-0.39, 0.29) is 11.9 Å². The first-order valence-corrected chi connectivity index (χ1v) is 12.7. The SMILES string of the molecule is CC[C@H](N)c1nc(N2CCC[C@H]2C)cc2c1CN(c1cccc(-c3nnc4n3[C@@H](C)CC4)n1)C2=O. The molecule has 6 heterocycles. The van der Waals surface area contributed by atoms with Gasteiger partial charge in [0.25, 0.3) is 5.91 Å². The molecule has 0 bridgehead atoms. The van der Waals surface area contributed by atoms with Crippen LogP contribution in [0.5, 0.6) is 0 Å². The fourth-order valence-corrected chi connectivity index (χ4v) is 5.71. The maximum absolute atomic E-state index is 13.7. The first kappa shape index (κ1) is 22.2. The van der Waals surface area contributed by atoms with Crippen LogP contribution in [0.2, 0.25) is 0 Å². The van der Waals surface area contributed by atoms with E-state index in [2.05, 4.69) is 40.4 Å². The summed E-state index contributed by atoms with van der Waals surface area (Å²) < 4.78 is 2.17. The summed E-state index contributed by atoms with van der Waals surface area (Å²) in [4.78, 5) is 27.6. The van der Waals surface area contributed by atoms with Crippen LogP contribution in [0.4, 0.5) is 11.6 Å². The lowest BCUT2D eigenvalue weighted by Crippen LogP contribution is -2.28. The van der Waals surface area contributed by atoms with E-state index in [0.29, 0.717) is 30.0 Å². The molecule has 3 atom stereocenters. The van der Waals surface area contributed by atoms with Gasteiger partial charge in [-0.25, -0.2) is 9.97 Å². The van der Waals surface area contributed by atoms with Crippen LogP contribution in [-0.2, 0) is 13.0 Å². The molecule has 9 nitrogen and oxygen atoms in total. The van der Waals surface area contributed by atoms with Gasteiger partial charge >= 0.3 is 0 Å². The van der Waals surface area contributed by atoms with Crippen molar-refractivity contribution in [3.8, 4) is 11.5 Å². The zero-order valence-corrected chi connectivity index (χ0v) is 20.6. The van der Waals surface area contributed by atoms with Crippen LogP contribution in [-0.4, -0.2) is 43.2 Å². The lowest BCUT2D eigenvalue weighted by molar-refractivity contribution is 0.0996. The second kappa shape index (κ2) is 8.41. The van der Waals surface area contributed by atoms with Gasteiger partial charge in [-0.15, -0.1) is 10.2 Å². The summed E-state index contributed by atoms with van der Waals surface area (Å²) in [5.74, 6) is 3.18. The minimum absolute atomic E-state index is 0.0513. The van der Waals surface area contributed by atoms with Crippen LogP contribution in [0.15, 0.2) is 24.3 Å². The Bertz CT molecular complexity index is 1300. The number of aromatic nitrogens is 5. The van der Waals surface area contributed by atoms with Crippen LogP contribution in [0.3, 0.4) is 0 Å². The van der Waals surface area contributed by atoms with Crippen LogP contribution in [0, 0.1) is 0 Å². The second-order valence-corrected chi connectivity index (χ2v) is 10.1. The molecule has 0 aliphatic carbocycles. The molecule has 9 heteroatoms. The van der Waals surface area contributed by atoms with Crippen molar-refractivity contribution in [1.82, 2.24) is 24.7 Å². The average molecular weight is 473 g/mol. The van der Waals surface area contributed by atoms with Crippen molar-refractivity contribution in [2.24, 2.45) is 5.73 Å². The van der Waals surface area contributed by atoms with E-state index in [1.54, 1.807) is 4.90 Å². The van der Waals surface area contributed by atoms with E-state index in [0.717, 1.165) is 73.1 Å². The highest BCUT2D eigenvalue weighted by atomic mass is 16.2. The largest absolute Gasteiger partial charge is 0.354 e. The summed E-state index contributed by atoms with van der Waals surface area (Å²) in [6, 6.07) is 8.25. The van der Waals surface area contributed by atoms with E-state index in [4.69, 9.17) is 15.7 Å². The maximum Gasteiger partial charge on any atom is 0.260 e. The predicted octanol–water partition coefficient (Wildman–Crippen LogP) is 3.80. The zero-order chi connectivity index (χ0) is 24.3. The predicted molar refractivity (Wildman–Crippen MR) is 134 cm³/mol. The average Bonchev–Trinajstić information content (AvgIpc) is 3.64. The van der Waals surface area contributed by atoms with E-state index in [1.165, 1.54) is 0 Å². The molecule has 1 amide bonds. The third kappa shape index (κ3) is 3.52. The number of anilines is 2. The lowest BCUT2D eigenvalue weighted by Gasteiger charge is -2.25. The summed E-state index contributed by atoms with van der Waals surface area (Å²) in [5.41, 5.74) is 9.68. The molecule has 0 spiro atoms. The molecule has 0 unspecified atom stereocenters. The van der Waals surface area contributed by atoms with E-state index in [1.807, 2.05) is 24.3 Å². The second-order valence-electron chi connectivity index (χ2n) is 10.1. The molecular weight excluding hydrogens is 440 g/mol. The number of rotatable bonds is 5. The Kier molecular flexibility index (Phi) is 5.32. The molecule has 0 aromatic carbocycles. The van der Waals surface area contributed by atoms with Crippen molar-refractivity contribution >= 4 is 17.5 Å². The fraction of sp³-hybridized carbons (Fsp3) is 0.500. The third-order valence-corrected chi connectivity index (χ3v) is 7.81. The molecule has 0 saturated carbocycles. The minimum atomic E-state index is -0.214. The lowest BCUT2D eigenvalue weighted by atomic mass is 10.0. The van der Waals surface area contributed by atoms with Crippen molar-refractivity contribution in [3.63, 3.8) is 0 Å². The summed E-state index contributed by atoms with van der Waals surface area (Å²) in [7, 11) is 0. The van der Waals surface area contributed by atoms with Crippen LogP contribution < -0.4 is 15.5 Å².